The van der Waals surface area contributed by atoms with Crippen LogP contribution in [0.3, 0.4) is 0 Å². The minimum absolute atomic E-state index is 0.0149. The summed E-state index contributed by atoms with van der Waals surface area (Å²) in [5, 5.41) is 34.9. The molecule has 1 heterocycles. The molecule has 2 fully saturated rings. The van der Waals surface area contributed by atoms with Gasteiger partial charge < -0.3 is 20.4 Å². The summed E-state index contributed by atoms with van der Waals surface area (Å²) in [4.78, 5) is 15.2. The molecule has 0 unspecified atom stereocenters. The predicted molar refractivity (Wildman–Crippen MR) is 122 cm³/mol. The second kappa shape index (κ2) is 9.19. The van der Waals surface area contributed by atoms with Crippen LogP contribution in [-0.4, -0.2) is 53.5 Å². The fourth-order valence-electron chi connectivity index (χ4n) is 4.47. The lowest BCUT2D eigenvalue weighted by molar-refractivity contribution is 0.0849. The van der Waals surface area contributed by atoms with E-state index in [-0.39, 0.29) is 23.9 Å². The maximum Gasteiger partial charge on any atom is 0.322 e. The molecule has 0 bridgehead atoms. The molecule has 0 aliphatic heterocycles. The Labute approximate surface area is 192 Å². The maximum atomic E-state index is 13.4. The highest BCUT2D eigenvalue weighted by molar-refractivity contribution is 5.90. The lowest BCUT2D eigenvalue weighted by Gasteiger charge is -2.36. The van der Waals surface area contributed by atoms with Crippen molar-refractivity contribution < 1.29 is 15.0 Å². The summed E-state index contributed by atoms with van der Waals surface area (Å²) in [6.07, 6.45) is 4.68. The Balaban J connectivity index is 1.36. The van der Waals surface area contributed by atoms with Crippen molar-refractivity contribution in [2.75, 3.05) is 5.32 Å². The number of aromatic hydroxyl groups is 1. The summed E-state index contributed by atoms with van der Waals surface area (Å²) in [7, 11) is 0. The van der Waals surface area contributed by atoms with Gasteiger partial charge in [-0.2, -0.15) is 0 Å². The Bertz CT molecular complexity index is 1120. The van der Waals surface area contributed by atoms with Gasteiger partial charge in [-0.05, 0) is 78.8 Å². The zero-order valence-electron chi connectivity index (χ0n) is 18.3. The lowest BCUT2D eigenvalue weighted by Crippen LogP contribution is -2.44. The lowest BCUT2D eigenvalue weighted by atomic mass is 9.92. The maximum absolute atomic E-state index is 13.4. The van der Waals surface area contributed by atoms with E-state index < -0.39 is 0 Å². The number of anilines is 1. The molecule has 3 N–H and O–H groups in total. The molecule has 9 heteroatoms. The van der Waals surface area contributed by atoms with Crippen LogP contribution >= 0.6 is 0 Å². The minimum atomic E-state index is -0.305. The normalized spacial score (nSPS) is 20.4. The highest BCUT2D eigenvalue weighted by atomic mass is 16.3. The van der Waals surface area contributed by atoms with Gasteiger partial charge in [-0.3, -0.25) is 0 Å². The topological polar surface area (TPSA) is 116 Å². The van der Waals surface area contributed by atoms with Gasteiger partial charge in [0.2, 0.25) is 0 Å². The minimum Gasteiger partial charge on any atom is -0.508 e. The quantitative estimate of drug-likeness (QED) is 0.529. The number of phenolic OH excluding ortho intramolecular Hbond substituents is 1. The van der Waals surface area contributed by atoms with E-state index in [0.29, 0.717) is 36.9 Å². The summed E-state index contributed by atoms with van der Waals surface area (Å²) < 4.78 is 1.85. The van der Waals surface area contributed by atoms with E-state index in [1.807, 2.05) is 39.9 Å². The van der Waals surface area contributed by atoms with Gasteiger partial charge in [0.1, 0.15) is 5.75 Å². The van der Waals surface area contributed by atoms with E-state index in [1.165, 1.54) is 0 Å². The third-order valence-corrected chi connectivity index (χ3v) is 6.39. The van der Waals surface area contributed by atoms with Crippen LogP contribution in [0.5, 0.6) is 5.75 Å². The highest BCUT2D eigenvalue weighted by Crippen LogP contribution is 2.37. The van der Waals surface area contributed by atoms with Crippen molar-refractivity contribution in [1.29, 1.82) is 0 Å². The van der Waals surface area contributed by atoms with E-state index >= 15 is 0 Å². The van der Waals surface area contributed by atoms with Gasteiger partial charge in [0.25, 0.3) is 0 Å². The molecule has 0 atom stereocenters. The van der Waals surface area contributed by atoms with Crippen molar-refractivity contribution in [2.24, 2.45) is 0 Å². The number of nitrogens with one attached hydrogen (secondary N) is 1. The summed E-state index contributed by atoms with van der Waals surface area (Å²) >= 11 is 0. The van der Waals surface area contributed by atoms with Crippen LogP contribution in [0.2, 0.25) is 0 Å². The molecule has 0 radical (unpaired) electrons. The molecule has 0 saturated heterocycles. The van der Waals surface area contributed by atoms with Gasteiger partial charge in [-0.25, -0.2) is 9.48 Å². The number of phenols is 1. The van der Waals surface area contributed by atoms with Crippen LogP contribution in [-0.2, 0) is 6.54 Å². The first kappa shape index (κ1) is 21.4. The van der Waals surface area contributed by atoms with Gasteiger partial charge in [0, 0.05) is 23.8 Å². The van der Waals surface area contributed by atoms with Crippen molar-refractivity contribution in [3.05, 3.63) is 54.1 Å². The third kappa shape index (κ3) is 4.98. The average molecular weight is 449 g/mol. The van der Waals surface area contributed by atoms with Crippen molar-refractivity contribution in [3.8, 4) is 17.1 Å². The zero-order chi connectivity index (χ0) is 22.8. The smallest absolute Gasteiger partial charge is 0.322 e. The number of rotatable bonds is 6. The van der Waals surface area contributed by atoms with E-state index in [9.17, 15) is 15.0 Å². The fourth-order valence-corrected chi connectivity index (χ4v) is 4.47. The first-order valence-electron chi connectivity index (χ1n) is 11.5. The first-order valence-corrected chi connectivity index (χ1v) is 11.5. The molecule has 172 valence electrons. The van der Waals surface area contributed by atoms with E-state index in [1.54, 1.807) is 18.2 Å². The van der Waals surface area contributed by atoms with E-state index in [2.05, 4.69) is 20.8 Å². The number of nitrogens with zero attached hydrogens (tertiary/aromatic N) is 5. The second-order valence-corrected chi connectivity index (χ2v) is 8.95. The first-order chi connectivity index (χ1) is 16.1. The van der Waals surface area contributed by atoms with Gasteiger partial charge in [-0.1, -0.05) is 24.3 Å². The molecule has 3 aromatic rings. The van der Waals surface area contributed by atoms with Crippen LogP contribution < -0.4 is 5.32 Å². The number of amides is 2. The fraction of sp³-hybridized carbons (Fsp3) is 0.417. The number of carbonyl (C=O) groups is 1. The molecule has 2 aliphatic rings. The second-order valence-electron chi connectivity index (χ2n) is 8.95. The van der Waals surface area contributed by atoms with E-state index in [0.717, 1.165) is 36.8 Å². The monoisotopic (exact) mass is 448 g/mol. The van der Waals surface area contributed by atoms with Crippen molar-refractivity contribution >= 4 is 11.7 Å². The number of carbonyl (C=O) groups excluding carboxylic acids is 1. The Kier molecular flexibility index (Phi) is 5.95. The Morgan fingerprint density at radius 3 is 2.61 bits per heavy atom. The molecule has 0 spiro atoms. The number of tetrazole rings is 1. The molecule has 1 aromatic heterocycles. The molecule has 2 aromatic carbocycles. The van der Waals surface area contributed by atoms with Gasteiger partial charge in [0.15, 0.2) is 5.82 Å². The number of benzene rings is 2. The standard InChI is InChI=1S/C24H28N6O3/c31-21-11-9-19(10-12-21)29(15-16-3-1-6-22(32)13-16)24(33)25-18-5-2-4-17(14-18)23-26-27-28-30(23)20-7-8-20/h1-6,13-14,19-21,31-32H,7-12,15H2,(H,25,33). The van der Waals surface area contributed by atoms with Crippen LogP contribution in [0.4, 0.5) is 10.5 Å². The van der Waals surface area contributed by atoms with Crippen LogP contribution in [0.25, 0.3) is 11.4 Å². The Morgan fingerprint density at radius 2 is 1.85 bits per heavy atom. The number of hydrogen-bond donors (Lipinski definition) is 3. The highest BCUT2D eigenvalue weighted by Gasteiger charge is 2.30. The molecule has 2 amide bonds. The molecule has 9 nitrogen and oxygen atoms in total. The van der Waals surface area contributed by atoms with Gasteiger partial charge in [0.05, 0.1) is 12.1 Å². The van der Waals surface area contributed by atoms with E-state index in [4.69, 9.17) is 0 Å². The molecule has 5 rings (SSSR count). The summed E-state index contributed by atoms with van der Waals surface area (Å²) in [5.74, 6) is 0.875. The van der Waals surface area contributed by atoms with Crippen molar-refractivity contribution in [2.45, 2.75) is 63.3 Å². The Morgan fingerprint density at radius 1 is 1.06 bits per heavy atom. The van der Waals surface area contributed by atoms with Crippen LogP contribution in [0, 0.1) is 0 Å². The van der Waals surface area contributed by atoms with Crippen molar-refractivity contribution in [3.63, 3.8) is 0 Å². The van der Waals surface area contributed by atoms with Crippen molar-refractivity contribution in [1.82, 2.24) is 25.1 Å². The summed E-state index contributed by atoms with van der Waals surface area (Å²) in [6, 6.07) is 14.7. The molecule has 2 aliphatic carbocycles. The third-order valence-electron chi connectivity index (χ3n) is 6.39. The number of urea groups is 1. The molecular weight excluding hydrogens is 420 g/mol. The van der Waals surface area contributed by atoms with Crippen LogP contribution in [0.1, 0.15) is 50.1 Å². The molecular formula is C24H28N6O3. The van der Waals surface area contributed by atoms with Crippen LogP contribution in [0.15, 0.2) is 48.5 Å². The van der Waals surface area contributed by atoms with Gasteiger partial charge >= 0.3 is 6.03 Å². The van der Waals surface area contributed by atoms with Gasteiger partial charge in [-0.15, -0.1) is 5.10 Å². The zero-order valence-corrected chi connectivity index (χ0v) is 18.3. The number of hydrogen-bond acceptors (Lipinski definition) is 6. The molecule has 2 saturated carbocycles. The predicted octanol–water partition coefficient (Wildman–Crippen LogP) is 3.72. The summed E-state index contributed by atoms with van der Waals surface area (Å²) in [5.41, 5.74) is 2.37. The largest absolute Gasteiger partial charge is 0.508 e. The number of aliphatic hydroxyl groups is 1. The molecule has 33 heavy (non-hydrogen) atoms. The SMILES string of the molecule is O=C(Nc1cccc(-c2nnnn2C2CC2)c1)N(Cc1cccc(O)c1)C1CCC(O)CC1. The average Bonchev–Trinajstić information content (AvgIpc) is 3.54. The summed E-state index contributed by atoms with van der Waals surface area (Å²) in [6.45, 7) is 0.376. The number of aromatic nitrogens is 4. The number of aliphatic hydroxyl groups excluding tert-OH is 1. The Hall–Kier alpha value is -3.46.